The summed E-state index contributed by atoms with van der Waals surface area (Å²) in [5, 5.41) is 18.7. The van der Waals surface area contributed by atoms with Gasteiger partial charge in [0.15, 0.2) is 16.6 Å². The maximum atomic E-state index is 9.34. The van der Waals surface area contributed by atoms with E-state index in [2.05, 4.69) is 39.3 Å². The zero-order valence-corrected chi connectivity index (χ0v) is 23.9. The highest BCUT2D eigenvalue weighted by atomic mass is 28.5. The highest BCUT2D eigenvalue weighted by Crippen LogP contribution is 2.27. The van der Waals surface area contributed by atoms with Crippen molar-refractivity contribution in [3.05, 3.63) is 0 Å². The minimum absolute atomic E-state index is 0. The molecule has 0 aliphatic rings. The van der Waals surface area contributed by atoms with E-state index in [-0.39, 0.29) is 27.1 Å². The Morgan fingerprint density at radius 1 is 0.548 bits per heavy atom. The van der Waals surface area contributed by atoms with Crippen LogP contribution in [0.25, 0.3) is 0 Å². The van der Waals surface area contributed by atoms with Crippen molar-refractivity contribution in [3.63, 3.8) is 0 Å². The second kappa shape index (κ2) is 17.9. The van der Waals surface area contributed by atoms with Crippen LogP contribution in [-0.4, -0.2) is 47.6 Å². The molecule has 4 nitrogen and oxygen atoms in total. The fourth-order valence-corrected chi connectivity index (χ4v) is 18.3. The summed E-state index contributed by atoms with van der Waals surface area (Å²) in [5.74, 6) is 0. The molecule has 0 amide bonds. The van der Waals surface area contributed by atoms with E-state index >= 15 is 0 Å². The zero-order chi connectivity index (χ0) is 22.6. The van der Waals surface area contributed by atoms with Gasteiger partial charge >= 0.3 is 8.56 Å². The van der Waals surface area contributed by atoms with Gasteiger partial charge in [-0.2, -0.15) is 0 Å². The molecule has 0 aliphatic heterocycles. The van der Waals surface area contributed by atoms with Gasteiger partial charge in [-0.3, -0.25) is 0 Å². The lowest BCUT2D eigenvalue weighted by Crippen LogP contribution is -2.52. The molecule has 2 unspecified atom stereocenters. The molecule has 0 aromatic rings. The van der Waals surface area contributed by atoms with Gasteiger partial charge in [0.1, 0.15) is 0 Å². The zero-order valence-electron chi connectivity index (χ0n) is 20.9. The first-order valence-electron chi connectivity index (χ1n) is 12.0. The van der Waals surface area contributed by atoms with E-state index in [4.69, 9.17) is 8.23 Å². The molecule has 0 heterocycles. The Balaban J connectivity index is -0.00000392. The molecule has 192 valence electrons. The van der Waals surface area contributed by atoms with Gasteiger partial charge in [0.2, 0.25) is 0 Å². The van der Waals surface area contributed by atoms with Crippen molar-refractivity contribution in [1.29, 1.82) is 0 Å². The van der Waals surface area contributed by atoms with Gasteiger partial charge < -0.3 is 18.4 Å². The van der Waals surface area contributed by atoms with Crippen molar-refractivity contribution in [2.24, 2.45) is 0 Å². The molecule has 0 radical (unpaired) electrons. The summed E-state index contributed by atoms with van der Waals surface area (Å²) in [5.41, 5.74) is 0. The quantitative estimate of drug-likeness (QED) is 0.149. The third-order valence-electron chi connectivity index (χ3n) is 5.35. The number of hydrogen-bond donors (Lipinski definition) is 2. The average Bonchev–Trinajstić information content (AvgIpc) is 2.51. The van der Waals surface area contributed by atoms with Crippen LogP contribution in [0.5, 0.6) is 0 Å². The molecule has 31 heavy (non-hydrogen) atoms. The van der Waals surface area contributed by atoms with Gasteiger partial charge in [-0.05, 0) is 78.1 Å². The molecule has 0 spiro atoms. The van der Waals surface area contributed by atoms with E-state index in [9.17, 15) is 10.2 Å². The summed E-state index contributed by atoms with van der Waals surface area (Å²) in [7, 11) is -5.49. The summed E-state index contributed by atoms with van der Waals surface area (Å²) >= 11 is 0. The molecule has 2 atom stereocenters. The van der Waals surface area contributed by atoms with Gasteiger partial charge in [0.05, 0.1) is 12.2 Å². The Hall–Kier alpha value is 0.491. The normalized spacial score (nSPS) is 14.5. The lowest BCUT2D eigenvalue weighted by molar-refractivity contribution is 0.180. The SMILES string of the molecule is C.C.CC(O)CCCCCC[Si](C)(C)O[Si](C)(C)O[Si](C)(C)CCCCCCC(C)O. The third kappa shape index (κ3) is 23.4. The number of aliphatic hydroxyl groups excluding tert-OH is 2. The topological polar surface area (TPSA) is 58.9 Å². The number of aliphatic hydroxyl groups is 2. The molecule has 2 N–H and O–H groups in total. The van der Waals surface area contributed by atoms with Gasteiger partial charge in [0.25, 0.3) is 0 Å². The minimum Gasteiger partial charge on any atom is -0.437 e. The fourth-order valence-electron chi connectivity index (χ4n) is 4.14. The Morgan fingerprint density at radius 3 is 1.13 bits per heavy atom. The van der Waals surface area contributed by atoms with Crippen molar-refractivity contribution in [2.45, 2.75) is 156 Å². The third-order valence-corrected chi connectivity index (χ3v) is 16.8. The van der Waals surface area contributed by atoms with Crippen LogP contribution in [-0.2, 0) is 8.23 Å². The van der Waals surface area contributed by atoms with Crippen molar-refractivity contribution >= 4 is 25.2 Å². The first-order valence-corrected chi connectivity index (χ1v) is 21.1. The van der Waals surface area contributed by atoms with E-state index < -0.39 is 25.2 Å². The monoisotopic (exact) mass is 496 g/mol. The molecule has 0 fully saturated rings. The second-order valence-electron chi connectivity index (χ2n) is 10.7. The highest BCUT2D eigenvalue weighted by Gasteiger charge is 2.39. The first kappa shape index (κ1) is 36.1. The lowest BCUT2D eigenvalue weighted by Gasteiger charge is -2.39. The molecule has 0 bridgehead atoms. The van der Waals surface area contributed by atoms with E-state index in [1.807, 2.05) is 13.8 Å². The second-order valence-corrected chi connectivity index (χ2v) is 23.2. The molecular weight excluding hydrogens is 437 g/mol. The summed E-state index contributed by atoms with van der Waals surface area (Å²) < 4.78 is 13.4. The van der Waals surface area contributed by atoms with Crippen LogP contribution in [0.4, 0.5) is 0 Å². The Labute approximate surface area is 200 Å². The summed E-state index contributed by atoms with van der Waals surface area (Å²) in [6, 6.07) is 2.40. The Morgan fingerprint density at radius 2 is 0.839 bits per heavy atom. The number of unbranched alkanes of at least 4 members (excludes halogenated alkanes) is 6. The Bertz CT molecular complexity index is 378. The molecule has 0 aromatic heterocycles. The lowest BCUT2D eigenvalue weighted by atomic mass is 10.1. The predicted molar refractivity (Wildman–Crippen MR) is 147 cm³/mol. The summed E-state index contributed by atoms with van der Waals surface area (Å²) in [4.78, 5) is 0. The maximum absolute atomic E-state index is 9.34. The van der Waals surface area contributed by atoms with Crippen LogP contribution in [0.15, 0.2) is 0 Å². The molecular formula is C24H60O4Si3. The minimum atomic E-state index is -2.10. The van der Waals surface area contributed by atoms with E-state index in [1.54, 1.807) is 0 Å². The Kier molecular flexibility index (Phi) is 20.8. The first-order chi connectivity index (χ1) is 13.2. The van der Waals surface area contributed by atoms with Crippen molar-refractivity contribution in [2.75, 3.05) is 0 Å². The number of rotatable bonds is 18. The fraction of sp³-hybridized carbons (Fsp3) is 1.00. The van der Waals surface area contributed by atoms with Crippen LogP contribution in [0.2, 0.25) is 51.4 Å². The van der Waals surface area contributed by atoms with Crippen LogP contribution >= 0.6 is 0 Å². The van der Waals surface area contributed by atoms with Gasteiger partial charge in [0, 0.05) is 0 Å². The summed E-state index contributed by atoms with van der Waals surface area (Å²) in [6.07, 6.45) is 11.1. The molecule has 7 heteroatoms. The number of hydrogen-bond acceptors (Lipinski definition) is 4. The van der Waals surface area contributed by atoms with Crippen molar-refractivity contribution in [1.82, 2.24) is 0 Å². The largest absolute Gasteiger partial charge is 0.437 e. The van der Waals surface area contributed by atoms with Crippen LogP contribution in [0.3, 0.4) is 0 Å². The standard InChI is InChI=1S/C22H52O4Si3.2CH4/c1-21(23)17-13-9-11-15-19-27(3,4)25-29(7,8)26-28(5,6)20-16-12-10-14-18-22(2)24;;/h21-24H,9-20H2,1-8H3;2*1H4. The van der Waals surface area contributed by atoms with Crippen LogP contribution in [0, 0.1) is 0 Å². The van der Waals surface area contributed by atoms with Gasteiger partial charge in [-0.1, -0.05) is 66.2 Å². The smallest absolute Gasteiger partial charge is 0.311 e. The van der Waals surface area contributed by atoms with Crippen LogP contribution in [0.1, 0.15) is 92.9 Å². The average molecular weight is 497 g/mol. The summed E-state index contributed by atoms with van der Waals surface area (Å²) in [6.45, 7) is 17.6. The molecule has 0 rings (SSSR count). The van der Waals surface area contributed by atoms with Crippen LogP contribution < -0.4 is 0 Å². The molecule has 0 aromatic carbocycles. The van der Waals surface area contributed by atoms with E-state index in [0.29, 0.717) is 0 Å². The van der Waals surface area contributed by atoms with Crippen molar-refractivity contribution in [3.8, 4) is 0 Å². The van der Waals surface area contributed by atoms with Crippen molar-refractivity contribution < 1.29 is 18.4 Å². The molecule has 0 saturated heterocycles. The van der Waals surface area contributed by atoms with E-state index in [1.165, 1.54) is 50.6 Å². The van der Waals surface area contributed by atoms with Gasteiger partial charge in [-0.15, -0.1) is 0 Å². The van der Waals surface area contributed by atoms with E-state index in [0.717, 1.165) is 25.7 Å². The van der Waals surface area contributed by atoms with Gasteiger partial charge in [-0.25, -0.2) is 0 Å². The highest BCUT2D eigenvalue weighted by molar-refractivity contribution is 6.87. The molecule has 0 saturated carbocycles. The maximum Gasteiger partial charge on any atom is 0.311 e. The molecule has 0 aliphatic carbocycles. The predicted octanol–water partition coefficient (Wildman–Crippen LogP) is 8.07.